The Morgan fingerprint density at radius 3 is 2.71 bits per heavy atom. The number of imidazole rings is 1. The quantitative estimate of drug-likeness (QED) is 0.320. The van der Waals surface area contributed by atoms with Gasteiger partial charge in [0.05, 0.1) is 30.6 Å². The van der Waals surface area contributed by atoms with Crippen LogP contribution in [0.25, 0.3) is 44.8 Å². The molecule has 11 heteroatoms. The van der Waals surface area contributed by atoms with E-state index in [-0.39, 0.29) is 24.4 Å². The largest absolute Gasteiger partial charge is 0.494 e. The third-order valence-electron chi connectivity index (χ3n) is 8.30. The van der Waals surface area contributed by atoms with E-state index >= 15 is 0 Å². The highest BCUT2D eigenvalue weighted by Crippen LogP contribution is 2.38. The molecule has 5 heterocycles. The summed E-state index contributed by atoms with van der Waals surface area (Å²) in [6.45, 7) is 1.13. The summed E-state index contributed by atoms with van der Waals surface area (Å²) in [5.41, 5.74) is 10.8. The smallest absolute Gasteiger partial charge is 0.254 e. The number of hydrogen-bond donors (Lipinski definition) is 2. The number of aryl methyl sites for hydroxylation is 1. The number of H-pyrrole nitrogens is 1. The highest BCUT2D eigenvalue weighted by atomic mass is 19.1. The molecule has 2 atom stereocenters. The zero-order valence-corrected chi connectivity index (χ0v) is 23.5. The predicted octanol–water partition coefficient (Wildman–Crippen LogP) is 3.88. The molecule has 5 aromatic rings. The fraction of sp³-hybridized carbons (Fsp3) is 0.355. The van der Waals surface area contributed by atoms with Crippen molar-refractivity contribution < 1.29 is 13.9 Å². The van der Waals surface area contributed by atoms with Gasteiger partial charge in [0.1, 0.15) is 23.1 Å². The summed E-state index contributed by atoms with van der Waals surface area (Å²) in [4.78, 5) is 39.5. The van der Waals surface area contributed by atoms with Crippen molar-refractivity contribution >= 4 is 28.0 Å². The molecule has 3 N–H and O–H groups in total. The van der Waals surface area contributed by atoms with Crippen LogP contribution >= 0.6 is 0 Å². The van der Waals surface area contributed by atoms with Crippen molar-refractivity contribution in [1.29, 1.82) is 0 Å². The first-order valence-electron chi connectivity index (χ1n) is 14.2. The van der Waals surface area contributed by atoms with Crippen LogP contribution in [-0.2, 0) is 13.6 Å². The Morgan fingerprint density at radius 1 is 1.14 bits per heavy atom. The number of alkyl halides is 1. The summed E-state index contributed by atoms with van der Waals surface area (Å²) < 4.78 is 24.2. The van der Waals surface area contributed by atoms with Crippen LogP contribution in [0.2, 0.25) is 0 Å². The number of nitrogens with zero attached hydrogens (tertiary/aromatic N) is 5. The Kier molecular flexibility index (Phi) is 6.34. The van der Waals surface area contributed by atoms with Crippen molar-refractivity contribution in [3.8, 4) is 28.5 Å². The van der Waals surface area contributed by atoms with E-state index in [0.29, 0.717) is 35.1 Å². The van der Waals surface area contributed by atoms with Crippen molar-refractivity contribution in [2.45, 2.75) is 38.0 Å². The van der Waals surface area contributed by atoms with E-state index in [4.69, 9.17) is 20.4 Å². The maximum atomic E-state index is 14.2. The van der Waals surface area contributed by atoms with Crippen molar-refractivity contribution in [1.82, 2.24) is 29.0 Å². The van der Waals surface area contributed by atoms with Crippen LogP contribution in [0.4, 0.5) is 4.39 Å². The Bertz CT molecular complexity index is 1890. The molecule has 4 aromatic heterocycles. The SMILES string of the molecule is COc1cc(C(=O)N2C[C@H](N)C[C@@H](F)C2)cc2nc(-c3cc4ccc(-c5cc[nH]c(=O)c5)nc4n3CC3CC3)n(C)c12. The molecule has 0 bridgehead atoms. The number of hydrogen-bond acceptors (Lipinski definition) is 6. The summed E-state index contributed by atoms with van der Waals surface area (Å²) in [6.07, 6.45) is 3.06. The second kappa shape index (κ2) is 10.1. The van der Waals surface area contributed by atoms with E-state index in [1.807, 2.05) is 29.8 Å². The second-order valence-corrected chi connectivity index (χ2v) is 11.5. The predicted molar refractivity (Wildman–Crippen MR) is 158 cm³/mol. The van der Waals surface area contributed by atoms with Crippen molar-refractivity contribution in [2.75, 3.05) is 20.2 Å². The fourth-order valence-electron chi connectivity index (χ4n) is 6.06. The minimum atomic E-state index is -1.14. The van der Waals surface area contributed by atoms with Gasteiger partial charge in [-0.05, 0) is 61.6 Å². The summed E-state index contributed by atoms with van der Waals surface area (Å²) in [5, 5.41) is 0.969. The van der Waals surface area contributed by atoms with Crippen LogP contribution < -0.4 is 16.0 Å². The molecule has 0 spiro atoms. The minimum Gasteiger partial charge on any atom is -0.494 e. The number of benzene rings is 1. The molecular weight excluding hydrogens is 537 g/mol. The van der Waals surface area contributed by atoms with Crippen molar-refractivity contribution in [2.24, 2.45) is 18.7 Å². The number of pyridine rings is 2. The lowest BCUT2D eigenvalue weighted by Gasteiger charge is -2.33. The van der Waals surface area contributed by atoms with E-state index in [2.05, 4.69) is 15.6 Å². The molecule has 0 radical (unpaired) electrons. The number of aromatic nitrogens is 5. The van der Waals surface area contributed by atoms with E-state index < -0.39 is 12.2 Å². The number of methoxy groups -OCH3 is 1. The van der Waals surface area contributed by atoms with Gasteiger partial charge in [-0.2, -0.15) is 0 Å². The Morgan fingerprint density at radius 2 is 1.98 bits per heavy atom. The monoisotopic (exact) mass is 569 g/mol. The number of carbonyl (C=O) groups is 1. The molecule has 1 aromatic carbocycles. The summed E-state index contributed by atoms with van der Waals surface area (Å²) in [5.74, 6) is 1.50. The van der Waals surface area contributed by atoms with Crippen molar-refractivity contribution in [3.63, 3.8) is 0 Å². The number of likely N-dealkylation sites (tertiary alicyclic amines) is 1. The molecular formula is C31H32FN7O3. The topological polar surface area (TPSA) is 124 Å². The molecule has 1 amide bonds. The molecule has 2 aliphatic rings. The maximum absolute atomic E-state index is 14.2. The van der Waals surface area contributed by atoms with Gasteiger partial charge in [-0.25, -0.2) is 14.4 Å². The Hall–Kier alpha value is -4.51. The number of amides is 1. The van der Waals surface area contributed by atoms with Crippen LogP contribution in [0.15, 0.2) is 53.5 Å². The number of nitrogens with two attached hydrogens (primary N) is 1. The average Bonchev–Trinajstić information content (AvgIpc) is 3.65. The lowest BCUT2D eigenvalue weighted by molar-refractivity contribution is 0.0606. The van der Waals surface area contributed by atoms with Crippen LogP contribution in [0.1, 0.15) is 29.6 Å². The molecule has 216 valence electrons. The van der Waals surface area contributed by atoms with Crippen LogP contribution in [0.3, 0.4) is 0 Å². The van der Waals surface area contributed by atoms with Gasteiger partial charge in [0.25, 0.3) is 5.91 Å². The van der Waals surface area contributed by atoms with Crippen LogP contribution in [0, 0.1) is 5.92 Å². The van der Waals surface area contributed by atoms with Gasteiger partial charge in [-0.1, -0.05) is 0 Å². The van der Waals surface area contributed by atoms with Crippen LogP contribution in [0.5, 0.6) is 5.75 Å². The van der Waals surface area contributed by atoms with Crippen molar-refractivity contribution in [3.05, 3.63) is 64.6 Å². The van der Waals surface area contributed by atoms with E-state index in [1.54, 1.807) is 31.5 Å². The van der Waals surface area contributed by atoms with Gasteiger partial charge in [0.2, 0.25) is 5.56 Å². The number of halogens is 1. The zero-order valence-electron chi connectivity index (χ0n) is 23.5. The number of carbonyl (C=O) groups excluding carboxylic acids is 1. The molecule has 0 unspecified atom stereocenters. The minimum absolute atomic E-state index is 0.0218. The summed E-state index contributed by atoms with van der Waals surface area (Å²) >= 11 is 0. The maximum Gasteiger partial charge on any atom is 0.254 e. The Balaban J connectivity index is 1.35. The zero-order chi connectivity index (χ0) is 29.1. The summed E-state index contributed by atoms with van der Waals surface area (Å²) in [7, 11) is 3.49. The number of piperidine rings is 1. The van der Waals surface area contributed by atoms with E-state index in [9.17, 15) is 14.0 Å². The van der Waals surface area contributed by atoms with E-state index in [0.717, 1.165) is 52.9 Å². The first-order valence-corrected chi connectivity index (χ1v) is 14.2. The lowest BCUT2D eigenvalue weighted by Crippen LogP contribution is -2.50. The highest BCUT2D eigenvalue weighted by molar-refractivity contribution is 6.00. The molecule has 42 heavy (non-hydrogen) atoms. The van der Waals surface area contributed by atoms with Crippen LogP contribution in [-0.4, -0.2) is 67.3 Å². The lowest BCUT2D eigenvalue weighted by atomic mass is 10.0. The standard InChI is InChI=1S/C31H32FN7O3/c1-37-28-24(9-20(11-26(28)42-2)31(41)38-15-21(32)13-22(33)16-38)36-30(37)25-10-19-5-6-23(18-7-8-34-27(40)12-18)35-29(19)39(25)14-17-3-4-17/h5-12,17,21-22H,3-4,13-16,33H2,1-2H3,(H,34,40)/t21-,22-/m1/s1. The number of nitrogens with one attached hydrogen (secondary N) is 1. The Labute approximate surface area is 240 Å². The van der Waals surface area contributed by atoms with E-state index in [1.165, 1.54) is 4.90 Å². The van der Waals surface area contributed by atoms with Gasteiger partial charge < -0.3 is 29.5 Å². The summed E-state index contributed by atoms with van der Waals surface area (Å²) in [6, 6.07) is 12.5. The molecule has 1 aliphatic carbocycles. The van der Waals surface area contributed by atoms with Gasteiger partial charge in [0.15, 0.2) is 5.82 Å². The number of ether oxygens (including phenoxy) is 1. The number of aromatic amines is 1. The second-order valence-electron chi connectivity index (χ2n) is 11.5. The molecule has 7 rings (SSSR count). The third kappa shape index (κ3) is 4.63. The molecule has 2 fully saturated rings. The number of rotatable bonds is 6. The van der Waals surface area contributed by atoms with Gasteiger partial charge >= 0.3 is 0 Å². The average molecular weight is 570 g/mol. The molecule has 1 saturated carbocycles. The van der Waals surface area contributed by atoms with Gasteiger partial charge in [0, 0.05) is 55.0 Å². The first-order chi connectivity index (χ1) is 20.3. The third-order valence-corrected chi connectivity index (χ3v) is 8.30. The molecule has 1 saturated heterocycles. The van der Waals surface area contributed by atoms with Gasteiger partial charge in [-0.15, -0.1) is 0 Å². The number of fused-ring (bicyclic) bond motifs is 2. The first kappa shape index (κ1) is 26.4. The highest BCUT2D eigenvalue weighted by Gasteiger charge is 2.30. The molecule has 10 nitrogen and oxygen atoms in total. The fourth-order valence-corrected chi connectivity index (χ4v) is 6.06. The van der Waals surface area contributed by atoms with Gasteiger partial charge in [-0.3, -0.25) is 9.59 Å². The molecule has 1 aliphatic heterocycles. The normalized spacial score (nSPS) is 19.1.